The Bertz CT molecular complexity index is 1570. The zero-order valence-electron chi connectivity index (χ0n) is 26.0. The first-order valence-electron chi connectivity index (χ1n) is 15.9. The van der Waals surface area contributed by atoms with Crippen LogP contribution in [0.4, 0.5) is 4.39 Å². The zero-order valence-corrected chi connectivity index (χ0v) is 28.4. The van der Waals surface area contributed by atoms with Gasteiger partial charge in [-0.1, -0.05) is 43.1 Å². The maximum absolute atomic E-state index is 15.0. The predicted molar refractivity (Wildman–Crippen MR) is 178 cm³/mol. The molecule has 3 fully saturated rings. The van der Waals surface area contributed by atoms with Crippen molar-refractivity contribution in [3.63, 3.8) is 0 Å². The lowest BCUT2D eigenvalue weighted by Gasteiger charge is -2.41. The molecule has 5 atom stereocenters. The summed E-state index contributed by atoms with van der Waals surface area (Å²) < 4.78 is 15.0. The van der Waals surface area contributed by atoms with E-state index < -0.39 is 23.4 Å². The second-order valence-electron chi connectivity index (χ2n) is 13.8. The number of hydrogen-bond acceptors (Lipinski definition) is 7. The lowest BCUT2D eigenvalue weighted by molar-refractivity contribution is -0.144. The molecule has 7 rings (SSSR count). The first-order chi connectivity index (χ1) is 21.4. The van der Waals surface area contributed by atoms with Crippen LogP contribution in [0.5, 0.6) is 0 Å². The van der Waals surface area contributed by atoms with Gasteiger partial charge in [0, 0.05) is 49.0 Å². The van der Waals surface area contributed by atoms with Crippen LogP contribution < -0.4 is 5.32 Å². The van der Waals surface area contributed by atoms with E-state index in [4.69, 9.17) is 28.2 Å². The average Bonchev–Trinajstić information content (AvgIpc) is 3.30. The number of aliphatic imine (C=N–C) groups is 2. The minimum atomic E-state index is -0.724. The van der Waals surface area contributed by atoms with Crippen LogP contribution in [0.3, 0.4) is 0 Å². The Kier molecular flexibility index (Phi) is 7.90. The number of amides is 2. The highest BCUT2D eigenvalue weighted by atomic mass is 35.5. The van der Waals surface area contributed by atoms with Crippen LogP contribution in [0, 0.1) is 17.7 Å². The Hall–Kier alpha value is -2.40. The largest absolute Gasteiger partial charge is 0.335 e. The molecule has 240 valence electrons. The third-order valence-electron chi connectivity index (χ3n) is 10.4. The molecule has 1 N–H and O–H groups in total. The van der Waals surface area contributed by atoms with Crippen molar-refractivity contribution in [3.05, 3.63) is 56.4 Å². The summed E-state index contributed by atoms with van der Waals surface area (Å²) in [4.78, 5) is 44.7. The van der Waals surface area contributed by atoms with Crippen LogP contribution in [0.1, 0.15) is 71.4 Å². The molecule has 1 spiro atoms. The van der Waals surface area contributed by atoms with Crippen molar-refractivity contribution in [2.75, 3.05) is 19.6 Å². The van der Waals surface area contributed by atoms with Gasteiger partial charge in [0.15, 0.2) is 5.17 Å². The van der Waals surface area contributed by atoms with Crippen LogP contribution in [-0.4, -0.2) is 80.7 Å². The fraction of sp³-hybridized carbons (Fsp3) is 0.576. The van der Waals surface area contributed by atoms with E-state index in [1.807, 2.05) is 23.3 Å². The van der Waals surface area contributed by atoms with Crippen molar-refractivity contribution in [3.8, 4) is 0 Å². The Morgan fingerprint density at radius 3 is 2.64 bits per heavy atom. The number of nitrogens with one attached hydrogen (secondary N) is 1. The van der Waals surface area contributed by atoms with Crippen LogP contribution in [0.25, 0.3) is 0 Å². The third-order valence-corrected chi connectivity index (χ3v) is 12.0. The number of fused-ring (bicyclic) bond motifs is 1. The molecule has 8 nitrogen and oxygen atoms in total. The smallest absolute Gasteiger partial charge is 0.263 e. The van der Waals surface area contributed by atoms with Gasteiger partial charge >= 0.3 is 0 Å². The summed E-state index contributed by atoms with van der Waals surface area (Å²) in [5.41, 5.74) is 0.897. The van der Waals surface area contributed by atoms with E-state index in [0.29, 0.717) is 41.2 Å². The van der Waals surface area contributed by atoms with Gasteiger partial charge in [-0.2, -0.15) is 0 Å². The number of likely N-dealkylation sites (tertiary alicyclic amines) is 1. The lowest BCUT2D eigenvalue weighted by Crippen LogP contribution is -2.61. The van der Waals surface area contributed by atoms with Gasteiger partial charge in [-0.3, -0.25) is 14.6 Å². The molecule has 0 radical (unpaired) electrons. The minimum Gasteiger partial charge on any atom is -0.335 e. The van der Waals surface area contributed by atoms with Gasteiger partial charge in [0.2, 0.25) is 5.91 Å². The molecule has 0 bridgehead atoms. The van der Waals surface area contributed by atoms with E-state index in [1.165, 1.54) is 17.8 Å². The van der Waals surface area contributed by atoms with Crippen LogP contribution in [-0.2, 0) is 9.59 Å². The van der Waals surface area contributed by atoms with Crippen molar-refractivity contribution in [1.29, 1.82) is 0 Å². The fourth-order valence-corrected chi connectivity index (χ4v) is 9.31. The molecular formula is C33H39Cl2FN6O2S. The second kappa shape index (κ2) is 11.4. The number of amidine groups is 1. The molecule has 6 aliphatic rings. The number of carbonyl (C=O) groups is 2. The number of hydrogen-bond donors (Lipinski definition) is 1. The second-order valence-corrected chi connectivity index (χ2v) is 15.6. The quantitative estimate of drug-likeness (QED) is 0.384. The van der Waals surface area contributed by atoms with Crippen LogP contribution in [0.2, 0.25) is 5.02 Å². The number of benzene rings is 1. The number of allylic oxidation sites excluding steroid dienone is 2. The molecule has 12 heteroatoms. The van der Waals surface area contributed by atoms with Gasteiger partial charge in [-0.15, -0.1) is 0 Å². The predicted octanol–water partition coefficient (Wildman–Crippen LogP) is 6.08. The normalized spacial score (nSPS) is 32.0. The number of carbonyl (C=O) groups excluding carboxylic acids is 2. The van der Waals surface area contributed by atoms with Gasteiger partial charge < -0.3 is 20.0 Å². The molecule has 45 heavy (non-hydrogen) atoms. The van der Waals surface area contributed by atoms with Crippen molar-refractivity contribution in [2.24, 2.45) is 21.8 Å². The lowest BCUT2D eigenvalue weighted by atomic mass is 9.75. The molecule has 1 aromatic carbocycles. The summed E-state index contributed by atoms with van der Waals surface area (Å²) >= 11 is 13.7. The van der Waals surface area contributed by atoms with E-state index in [1.54, 1.807) is 11.0 Å². The molecule has 0 aromatic heterocycles. The Balaban J connectivity index is 1.24. The topological polar surface area (TPSA) is 80.6 Å². The van der Waals surface area contributed by atoms with E-state index in [9.17, 15) is 14.0 Å². The molecule has 5 aliphatic heterocycles. The van der Waals surface area contributed by atoms with E-state index in [-0.39, 0.29) is 40.3 Å². The highest BCUT2D eigenvalue weighted by Gasteiger charge is 2.56. The number of piperazine rings is 1. The molecule has 5 heterocycles. The highest BCUT2D eigenvalue weighted by molar-refractivity contribution is 8.18. The van der Waals surface area contributed by atoms with Crippen molar-refractivity contribution >= 4 is 58.2 Å². The number of rotatable bonds is 5. The van der Waals surface area contributed by atoms with Gasteiger partial charge in [0.05, 0.1) is 16.6 Å². The Morgan fingerprint density at radius 1 is 1.20 bits per heavy atom. The van der Waals surface area contributed by atoms with Gasteiger partial charge in [-0.25, -0.2) is 9.38 Å². The Labute approximate surface area is 278 Å². The molecule has 1 aromatic rings. The molecule has 1 unspecified atom stereocenters. The van der Waals surface area contributed by atoms with Crippen molar-refractivity contribution < 1.29 is 14.0 Å². The average molecular weight is 674 g/mol. The molecule has 2 amide bonds. The number of halogens is 3. The Morgan fingerprint density at radius 2 is 1.98 bits per heavy atom. The molecule has 1 aliphatic carbocycles. The summed E-state index contributed by atoms with van der Waals surface area (Å²) in [6.07, 6.45) is 7.98. The van der Waals surface area contributed by atoms with E-state index in [2.05, 4.69) is 42.9 Å². The van der Waals surface area contributed by atoms with Gasteiger partial charge in [-0.05, 0) is 87.4 Å². The minimum absolute atomic E-state index is 0.0415. The summed E-state index contributed by atoms with van der Waals surface area (Å²) in [7, 11) is 0. The zero-order chi connectivity index (χ0) is 31.8. The van der Waals surface area contributed by atoms with Crippen LogP contribution >= 0.6 is 35.0 Å². The molecule has 1 saturated carbocycles. The maximum Gasteiger partial charge on any atom is 0.263 e. The molecule has 2 saturated heterocycles. The van der Waals surface area contributed by atoms with Crippen LogP contribution in [0.15, 0.2) is 50.0 Å². The van der Waals surface area contributed by atoms with E-state index >= 15 is 0 Å². The van der Waals surface area contributed by atoms with Crippen molar-refractivity contribution in [1.82, 2.24) is 20.0 Å². The fourth-order valence-electron chi connectivity index (χ4n) is 7.68. The van der Waals surface area contributed by atoms with E-state index in [0.717, 1.165) is 37.1 Å². The summed E-state index contributed by atoms with van der Waals surface area (Å²) in [6, 6.07) is 4.09. The third kappa shape index (κ3) is 5.24. The van der Waals surface area contributed by atoms with Gasteiger partial charge in [0.1, 0.15) is 21.9 Å². The monoisotopic (exact) mass is 672 g/mol. The first-order valence-corrected chi connectivity index (χ1v) is 17.5. The summed E-state index contributed by atoms with van der Waals surface area (Å²) in [6.45, 7) is 10.3. The number of nitrogens with zero attached hydrogens (tertiary/aromatic N) is 5. The number of thioether (sulfide) groups is 1. The SMILES string of the molecule is CC(C)C1=C(C(=O)N2CCC[C@H]2C(=O)N2CC3(CC3)NC[C@@H]2C)SC2=N[C@@](C)(C3C=NC(Cl)=CC3)[C@@H](c3ccc(Cl)c(F)c3)N21. The van der Waals surface area contributed by atoms with Crippen molar-refractivity contribution in [2.45, 2.75) is 89.0 Å². The first kappa shape index (κ1) is 31.2. The molecular weight excluding hydrogens is 634 g/mol. The maximum atomic E-state index is 15.0. The van der Waals surface area contributed by atoms with Gasteiger partial charge in [0.25, 0.3) is 5.91 Å². The summed E-state index contributed by atoms with van der Waals surface area (Å²) in [5, 5.41) is 4.81. The highest BCUT2D eigenvalue weighted by Crippen LogP contribution is 2.56. The standard InChI is InChI=1S/C33H39Cl2FN6O2S/c1-18(2)26-27(30(44)40-13-5-6-24(40)29(43)41-17-33(11-12-33)38-15-19(41)3)45-31-39-32(4,21-8-10-25(35)37-16-21)28(42(26)31)20-7-9-22(34)23(36)14-20/h7,9-10,14,16,18-19,21,24,28,38H,5-6,8,11-13,15,17H2,1-4H3/t19-,21?,24-,28+,32-/m0/s1. The summed E-state index contributed by atoms with van der Waals surface area (Å²) in [5.74, 6) is -0.722.